The number of rotatable bonds is 3. The summed E-state index contributed by atoms with van der Waals surface area (Å²) >= 11 is 0.921. The van der Waals surface area contributed by atoms with Crippen LogP contribution in [-0.2, 0) is 4.74 Å². The lowest BCUT2D eigenvalue weighted by atomic mass is 10.2. The second-order valence-corrected chi connectivity index (χ2v) is 4.89. The molecule has 1 aliphatic rings. The number of aliphatic hydroxyl groups is 3. The third kappa shape index (κ3) is 2.65. The van der Waals surface area contributed by atoms with Crippen LogP contribution in [0, 0.1) is 0 Å². The van der Waals surface area contributed by atoms with Gasteiger partial charge in [0.1, 0.15) is 29.6 Å². The van der Waals surface area contributed by atoms with Crippen molar-refractivity contribution in [2.24, 2.45) is 0 Å². The van der Waals surface area contributed by atoms with Gasteiger partial charge in [-0.1, -0.05) is 11.8 Å². The molecule has 0 aromatic carbocycles. The molecule has 4 atom stereocenters. The van der Waals surface area contributed by atoms with E-state index in [-0.39, 0.29) is 11.0 Å². The van der Waals surface area contributed by atoms with Gasteiger partial charge in [-0.25, -0.2) is 4.98 Å². The molecule has 0 spiro atoms. The fourth-order valence-electron chi connectivity index (χ4n) is 1.58. The number of ether oxygens (including phenoxy) is 1. The van der Waals surface area contributed by atoms with Crippen LogP contribution in [0.25, 0.3) is 0 Å². The Hall–Kier alpha value is -1.13. The van der Waals surface area contributed by atoms with E-state index >= 15 is 0 Å². The van der Waals surface area contributed by atoms with Gasteiger partial charge in [0, 0.05) is 6.07 Å². The number of thioether (sulfide) groups is 1. The molecule has 18 heavy (non-hydrogen) atoms. The average Bonchev–Trinajstić information content (AvgIpc) is 2.55. The number of nitrogens with one attached hydrogen (secondary N) is 1. The van der Waals surface area contributed by atoms with Gasteiger partial charge >= 0.3 is 0 Å². The number of aromatic amines is 1. The monoisotopic (exact) mass is 275 g/mol. The van der Waals surface area contributed by atoms with E-state index in [1.165, 1.54) is 0 Å². The normalized spacial score (nSPS) is 31.7. The summed E-state index contributed by atoms with van der Waals surface area (Å²) in [7, 11) is 0. The van der Waals surface area contributed by atoms with E-state index < -0.39 is 35.9 Å². The Kier molecular flexibility index (Phi) is 3.88. The van der Waals surface area contributed by atoms with Crippen molar-refractivity contribution in [2.75, 3.05) is 12.3 Å². The average molecular weight is 275 g/mol. The molecule has 1 aromatic rings. The molecule has 1 aliphatic heterocycles. The minimum absolute atomic E-state index is 0.0491. The molecule has 1 fully saturated rings. The van der Waals surface area contributed by atoms with Gasteiger partial charge in [0.2, 0.25) is 0 Å². The van der Waals surface area contributed by atoms with Crippen LogP contribution in [0.5, 0.6) is 0 Å². The van der Waals surface area contributed by atoms with Crippen LogP contribution >= 0.6 is 11.8 Å². The summed E-state index contributed by atoms with van der Waals surface area (Å²) < 4.78 is 5.23. The predicted molar refractivity (Wildman–Crippen MR) is 62.9 cm³/mol. The van der Waals surface area contributed by atoms with Gasteiger partial charge in [-0.05, 0) is 0 Å². The highest BCUT2D eigenvalue weighted by Gasteiger charge is 2.43. The maximum absolute atomic E-state index is 11.2. The summed E-state index contributed by atoms with van der Waals surface area (Å²) in [6, 6.07) is 1.13. The zero-order valence-electron chi connectivity index (χ0n) is 9.18. The van der Waals surface area contributed by atoms with Crippen molar-refractivity contribution in [1.82, 2.24) is 9.97 Å². The van der Waals surface area contributed by atoms with Crippen LogP contribution in [0.3, 0.4) is 0 Å². The highest BCUT2D eigenvalue weighted by molar-refractivity contribution is 7.99. The minimum Gasteiger partial charge on any atom is -0.394 e. The van der Waals surface area contributed by atoms with Crippen LogP contribution in [-0.4, -0.2) is 55.6 Å². The van der Waals surface area contributed by atoms with E-state index in [2.05, 4.69) is 9.97 Å². The van der Waals surface area contributed by atoms with Crippen LogP contribution < -0.4 is 11.3 Å². The summed E-state index contributed by atoms with van der Waals surface area (Å²) in [6.07, 6.45) is -3.22. The molecule has 0 bridgehead atoms. The Labute approximate surface area is 106 Å². The molecule has 8 nitrogen and oxygen atoms in total. The molecule has 0 aliphatic carbocycles. The maximum atomic E-state index is 11.2. The van der Waals surface area contributed by atoms with E-state index in [1.807, 2.05) is 0 Å². The fourth-order valence-corrected chi connectivity index (χ4v) is 2.62. The summed E-state index contributed by atoms with van der Waals surface area (Å²) in [5, 5.41) is 28.4. The number of H-pyrrole nitrogens is 1. The zero-order chi connectivity index (χ0) is 13.3. The van der Waals surface area contributed by atoms with Crippen LogP contribution in [0.15, 0.2) is 16.0 Å². The lowest BCUT2D eigenvalue weighted by Crippen LogP contribution is -2.33. The first kappa shape index (κ1) is 13.3. The van der Waals surface area contributed by atoms with Gasteiger partial charge in [0.05, 0.1) is 6.61 Å². The largest absolute Gasteiger partial charge is 0.394 e. The maximum Gasteiger partial charge on any atom is 0.253 e. The molecular weight excluding hydrogens is 262 g/mol. The Bertz CT molecular complexity index is 482. The van der Waals surface area contributed by atoms with E-state index in [1.54, 1.807) is 0 Å². The molecule has 2 heterocycles. The molecule has 0 amide bonds. The molecule has 6 N–H and O–H groups in total. The molecule has 0 saturated carbocycles. The fraction of sp³-hybridized carbons (Fsp3) is 0.556. The smallest absolute Gasteiger partial charge is 0.253 e. The topological polar surface area (TPSA) is 142 Å². The zero-order valence-corrected chi connectivity index (χ0v) is 10.0. The van der Waals surface area contributed by atoms with Gasteiger partial charge in [-0.2, -0.15) is 0 Å². The number of aromatic nitrogens is 2. The number of hydrogen-bond acceptors (Lipinski definition) is 8. The molecule has 9 heteroatoms. The highest BCUT2D eigenvalue weighted by Crippen LogP contribution is 2.32. The Morgan fingerprint density at radius 2 is 2.22 bits per heavy atom. The van der Waals surface area contributed by atoms with Crippen LogP contribution in [0.2, 0.25) is 0 Å². The van der Waals surface area contributed by atoms with Crippen molar-refractivity contribution >= 4 is 17.6 Å². The molecule has 2 rings (SSSR count). The first-order valence-electron chi connectivity index (χ1n) is 5.17. The predicted octanol–water partition coefficient (Wildman–Crippen LogP) is -2.12. The van der Waals surface area contributed by atoms with E-state index in [4.69, 9.17) is 15.6 Å². The second kappa shape index (κ2) is 5.24. The van der Waals surface area contributed by atoms with Gasteiger partial charge < -0.3 is 30.8 Å². The minimum atomic E-state index is -1.18. The summed E-state index contributed by atoms with van der Waals surface area (Å²) in [6.45, 7) is -0.407. The number of aliphatic hydroxyl groups excluding tert-OH is 3. The molecule has 100 valence electrons. The van der Waals surface area contributed by atoms with E-state index in [9.17, 15) is 15.0 Å². The Morgan fingerprint density at radius 3 is 2.78 bits per heavy atom. The number of nitrogen functional groups attached to an aromatic ring is 1. The van der Waals surface area contributed by atoms with Crippen LogP contribution in [0.1, 0.15) is 0 Å². The third-order valence-electron chi connectivity index (χ3n) is 2.47. The lowest BCUT2D eigenvalue weighted by Gasteiger charge is -2.13. The number of hydrogen-bond donors (Lipinski definition) is 5. The van der Waals surface area contributed by atoms with Gasteiger partial charge in [0.15, 0.2) is 5.16 Å². The summed E-state index contributed by atoms with van der Waals surface area (Å²) in [5.74, 6) is 0.0491. The second-order valence-electron chi connectivity index (χ2n) is 3.80. The standard InChI is InChI=1S/C9H13N3O5S/c10-4-1-5(14)12-9(11-4)18-8-7(16)6(15)3(2-13)17-8/h1,3,6-8,13,15-16H,2H2,(H3,10,11,12,14)/t3-,6+,7-,8+/m0/s1. The van der Waals surface area contributed by atoms with Crippen molar-refractivity contribution in [2.45, 2.75) is 28.9 Å². The third-order valence-corrected chi connectivity index (χ3v) is 3.50. The molecule has 1 saturated heterocycles. The lowest BCUT2D eigenvalue weighted by molar-refractivity contribution is -0.00810. The van der Waals surface area contributed by atoms with Gasteiger partial charge in [-0.15, -0.1) is 0 Å². The van der Waals surface area contributed by atoms with E-state index in [0.29, 0.717) is 0 Å². The SMILES string of the molecule is Nc1cc(=O)[nH]c(S[C@H]2O[C@@H](CO)[C@@H](O)[C@@H]2O)n1. The molecule has 0 radical (unpaired) electrons. The quantitative estimate of drug-likeness (QED) is 0.394. The summed E-state index contributed by atoms with van der Waals surface area (Å²) in [5.41, 5.74) is 4.16. The number of nitrogens with two attached hydrogens (primary N) is 1. The highest BCUT2D eigenvalue weighted by atomic mass is 32.2. The molecule has 0 unspecified atom stereocenters. The van der Waals surface area contributed by atoms with Crippen LogP contribution in [0.4, 0.5) is 5.82 Å². The van der Waals surface area contributed by atoms with Crippen molar-refractivity contribution < 1.29 is 20.1 Å². The summed E-state index contributed by atoms with van der Waals surface area (Å²) in [4.78, 5) is 17.5. The van der Waals surface area contributed by atoms with Gasteiger partial charge in [0.25, 0.3) is 5.56 Å². The Morgan fingerprint density at radius 1 is 1.50 bits per heavy atom. The Balaban J connectivity index is 2.12. The first-order chi connectivity index (χ1) is 8.51. The van der Waals surface area contributed by atoms with Crippen molar-refractivity contribution in [3.05, 3.63) is 16.4 Å². The number of nitrogens with zero attached hydrogens (tertiary/aromatic N) is 1. The molecule has 1 aromatic heterocycles. The first-order valence-corrected chi connectivity index (χ1v) is 6.05. The van der Waals surface area contributed by atoms with Gasteiger partial charge in [-0.3, -0.25) is 4.79 Å². The van der Waals surface area contributed by atoms with Crippen molar-refractivity contribution in [3.8, 4) is 0 Å². The number of anilines is 1. The van der Waals surface area contributed by atoms with Crippen molar-refractivity contribution in [3.63, 3.8) is 0 Å². The molecular formula is C9H13N3O5S. The van der Waals surface area contributed by atoms with Crippen molar-refractivity contribution in [1.29, 1.82) is 0 Å². The van der Waals surface area contributed by atoms with E-state index in [0.717, 1.165) is 17.8 Å².